The molecule has 0 amide bonds. The second-order valence-corrected chi connectivity index (χ2v) is 8.06. The zero-order valence-electron chi connectivity index (χ0n) is 12.4. The molecule has 22 heavy (non-hydrogen) atoms. The number of sulfonamides is 1. The summed E-state index contributed by atoms with van der Waals surface area (Å²) in [6.07, 6.45) is 4.41. The molecule has 2 aromatic rings. The Balaban J connectivity index is 1.80. The minimum atomic E-state index is -3.49. The highest BCUT2D eigenvalue weighted by Gasteiger charge is 2.47. The number of rotatable bonds is 2. The topological polar surface area (TPSA) is 62.3 Å². The highest BCUT2D eigenvalue weighted by Crippen LogP contribution is 2.35. The molecule has 2 aliphatic heterocycles. The van der Waals surface area contributed by atoms with Gasteiger partial charge in [-0.25, -0.2) is 8.42 Å². The predicted molar refractivity (Wildman–Crippen MR) is 85.0 cm³/mol. The molecule has 0 spiro atoms. The van der Waals surface area contributed by atoms with Gasteiger partial charge in [-0.05, 0) is 37.9 Å². The molecule has 5 nitrogen and oxygen atoms in total. The molecule has 3 heterocycles. The molecule has 0 bridgehead atoms. The second kappa shape index (κ2) is 5.01. The van der Waals surface area contributed by atoms with Crippen molar-refractivity contribution in [3.8, 4) is 0 Å². The molecule has 3 atom stereocenters. The molecule has 1 N–H and O–H groups in total. The fraction of sp³-hybridized carbons (Fsp3) is 0.438. The van der Waals surface area contributed by atoms with Crippen LogP contribution in [-0.2, 0) is 10.0 Å². The zero-order valence-corrected chi connectivity index (χ0v) is 13.3. The van der Waals surface area contributed by atoms with Gasteiger partial charge in [-0.2, -0.15) is 4.31 Å². The molecule has 0 saturated carbocycles. The van der Waals surface area contributed by atoms with E-state index in [9.17, 15) is 8.42 Å². The molecule has 0 radical (unpaired) electrons. The Labute approximate surface area is 130 Å². The van der Waals surface area contributed by atoms with Gasteiger partial charge in [-0.3, -0.25) is 4.98 Å². The van der Waals surface area contributed by atoms with Gasteiger partial charge in [0, 0.05) is 41.8 Å². The van der Waals surface area contributed by atoms with E-state index in [1.54, 1.807) is 34.9 Å². The van der Waals surface area contributed by atoms with Crippen molar-refractivity contribution in [3.05, 3.63) is 36.7 Å². The third-order valence-corrected chi connectivity index (χ3v) is 7.03. The summed E-state index contributed by atoms with van der Waals surface area (Å²) in [4.78, 5) is 4.46. The number of nitrogens with one attached hydrogen (secondary N) is 1. The molecular formula is C16H19N3O2S. The summed E-state index contributed by atoms with van der Waals surface area (Å²) in [6, 6.07) is 7.44. The third-order valence-electron chi connectivity index (χ3n) is 5.02. The average molecular weight is 317 g/mol. The molecule has 2 aliphatic rings. The maximum atomic E-state index is 13.2. The molecule has 4 rings (SSSR count). The van der Waals surface area contributed by atoms with Gasteiger partial charge < -0.3 is 5.32 Å². The lowest BCUT2D eigenvalue weighted by Crippen LogP contribution is -2.42. The minimum Gasteiger partial charge on any atom is -0.312 e. The average Bonchev–Trinajstić information content (AvgIpc) is 3.10. The van der Waals surface area contributed by atoms with Crippen molar-refractivity contribution in [1.82, 2.24) is 14.6 Å². The monoisotopic (exact) mass is 317 g/mol. The van der Waals surface area contributed by atoms with Crippen molar-refractivity contribution < 1.29 is 8.42 Å². The highest BCUT2D eigenvalue weighted by atomic mass is 32.2. The molecule has 6 heteroatoms. The van der Waals surface area contributed by atoms with Crippen molar-refractivity contribution >= 4 is 20.8 Å². The van der Waals surface area contributed by atoms with Crippen molar-refractivity contribution in [2.24, 2.45) is 5.92 Å². The quantitative estimate of drug-likeness (QED) is 0.914. The standard InChI is InChI=1S/C16H19N3O2S/c1-11-16-13(5-8-18-16)10-19(11)22(20,21)15-4-2-3-12-9-17-7-6-14(12)15/h2-4,6-7,9,11,13,16,18H,5,8,10H2,1H3/t11-,13+,16-/m1/s1. The van der Waals surface area contributed by atoms with E-state index in [1.807, 2.05) is 13.0 Å². The first-order chi connectivity index (χ1) is 10.6. The van der Waals surface area contributed by atoms with Crippen LogP contribution in [0, 0.1) is 5.92 Å². The van der Waals surface area contributed by atoms with Crippen LogP contribution in [0.25, 0.3) is 10.8 Å². The molecule has 2 saturated heterocycles. The summed E-state index contributed by atoms with van der Waals surface area (Å²) in [7, 11) is -3.49. The summed E-state index contributed by atoms with van der Waals surface area (Å²) in [6.45, 7) is 3.61. The number of fused-ring (bicyclic) bond motifs is 2. The Morgan fingerprint density at radius 1 is 1.32 bits per heavy atom. The molecule has 1 aromatic carbocycles. The summed E-state index contributed by atoms with van der Waals surface area (Å²) < 4.78 is 28.0. The Kier molecular flexibility index (Phi) is 3.21. The van der Waals surface area contributed by atoms with E-state index < -0.39 is 10.0 Å². The van der Waals surface area contributed by atoms with E-state index in [1.165, 1.54) is 0 Å². The van der Waals surface area contributed by atoms with E-state index in [0.717, 1.165) is 23.7 Å². The minimum absolute atomic E-state index is 0.00501. The Hall–Kier alpha value is -1.50. The number of aromatic nitrogens is 1. The normalized spacial score (nSPS) is 29.0. The summed E-state index contributed by atoms with van der Waals surface area (Å²) in [5.41, 5.74) is 0. The van der Waals surface area contributed by atoms with Crippen molar-refractivity contribution in [1.29, 1.82) is 0 Å². The first-order valence-electron chi connectivity index (χ1n) is 7.67. The Bertz CT molecular complexity index is 816. The maximum Gasteiger partial charge on any atom is 0.243 e. The largest absolute Gasteiger partial charge is 0.312 e. The van der Waals surface area contributed by atoms with Gasteiger partial charge in [-0.15, -0.1) is 0 Å². The van der Waals surface area contributed by atoms with Gasteiger partial charge >= 0.3 is 0 Å². The zero-order chi connectivity index (χ0) is 15.3. The van der Waals surface area contributed by atoms with Crippen LogP contribution in [-0.4, -0.2) is 42.9 Å². The SMILES string of the molecule is C[C@@H]1[C@H]2NCC[C@H]2CN1S(=O)(=O)c1cccc2cnccc12. The van der Waals surface area contributed by atoms with E-state index in [0.29, 0.717) is 17.4 Å². The third kappa shape index (κ3) is 1.98. The van der Waals surface area contributed by atoms with Gasteiger partial charge in [0.2, 0.25) is 10.0 Å². The molecule has 0 unspecified atom stereocenters. The number of hydrogen-bond donors (Lipinski definition) is 1. The van der Waals surface area contributed by atoms with Crippen LogP contribution in [0.15, 0.2) is 41.6 Å². The van der Waals surface area contributed by atoms with Gasteiger partial charge in [0.15, 0.2) is 0 Å². The van der Waals surface area contributed by atoms with Crippen molar-refractivity contribution in [2.45, 2.75) is 30.3 Å². The van der Waals surface area contributed by atoms with Crippen molar-refractivity contribution in [3.63, 3.8) is 0 Å². The fourth-order valence-electron chi connectivity index (χ4n) is 3.89. The van der Waals surface area contributed by atoms with Crippen molar-refractivity contribution in [2.75, 3.05) is 13.1 Å². The summed E-state index contributed by atoms with van der Waals surface area (Å²) in [5, 5.41) is 5.04. The Morgan fingerprint density at radius 3 is 3.00 bits per heavy atom. The maximum absolute atomic E-state index is 13.2. The molecular weight excluding hydrogens is 298 g/mol. The van der Waals surface area contributed by atoms with Gasteiger partial charge in [0.05, 0.1) is 4.90 Å². The van der Waals surface area contributed by atoms with Crippen LogP contribution in [0.3, 0.4) is 0 Å². The van der Waals surface area contributed by atoms with Gasteiger partial charge in [0.25, 0.3) is 0 Å². The molecule has 0 aliphatic carbocycles. The lowest BCUT2D eigenvalue weighted by Gasteiger charge is -2.24. The molecule has 116 valence electrons. The van der Waals surface area contributed by atoms with E-state index in [-0.39, 0.29) is 12.1 Å². The second-order valence-electron chi connectivity index (χ2n) is 6.20. The number of nitrogens with zero attached hydrogens (tertiary/aromatic N) is 2. The van der Waals surface area contributed by atoms with Crippen LogP contribution in [0.4, 0.5) is 0 Å². The van der Waals surface area contributed by atoms with Crippen LogP contribution in [0.2, 0.25) is 0 Å². The lowest BCUT2D eigenvalue weighted by atomic mass is 10.0. The smallest absolute Gasteiger partial charge is 0.243 e. The summed E-state index contributed by atoms with van der Waals surface area (Å²) in [5.74, 6) is 0.432. The molecule has 2 fully saturated rings. The van der Waals surface area contributed by atoms with Gasteiger partial charge in [-0.1, -0.05) is 12.1 Å². The fourth-order valence-corrected chi connectivity index (χ4v) is 5.81. The number of pyridine rings is 1. The lowest BCUT2D eigenvalue weighted by molar-refractivity contribution is 0.373. The Morgan fingerprint density at radius 2 is 2.18 bits per heavy atom. The van der Waals surface area contributed by atoms with Gasteiger partial charge in [0.1, 0.15) is 0 Å². The van der Waals surface area contributed by atoms with E-state index >= 15 is 0 Å². The first-order valence-corrected chi connectivity index (χ1v) is 9.11. The molecule has 1 aromatic heterocycles. The van der Waals surface area contributed by atoms with Crippen LogP contribution >= 0.6 is 0 Å². The van der Waals surface area contributed by atoms with E-state index in [4.69, 9.17) is 0 Å². The summed E-state index contributed by atoms with van der Waals surface area (Å²) >= 11 is 0. The first kappa shape index (κ1) is 14.1. The number of hydrogen-bond acceptors (Lipinski definition) is 4. The van der Waals surface area contributed by atoms with E-state index in [2.05, 4.69) is 10.3 Å². The van der Waals surface area contributed by atoms with Crippen LogP contribution in [0.5, 0.6) is 0 Å². The van der Waals surface area contributed by atoms with Crippen LogP contribution in [0.1, 0.15) is 13.3 Å². The highest BCUT2D eigenvalue weighted by molar-refractivity contribution is 7.89. The number of benzene rings is 1. The predicted octanol–water partition coefficient (Wildman–Crippen LogP) is 1.61. The van der Waals surface area contributed by atoms with Crippen LogP contribution < -0.4 is 5.32 Å².